The summed E-state index contributed by atoms with van der Waals surface area (Å²) in [5.74, 6) is 1.64. The van der Waals surface area contributed by atoms with E-state index in [1.54, 1.807) is 13.3 Å². The number of nitrogens with zero attached hydrogens (tertiary/aromatic N) is 1. The van der Waals surface area contributed by atoms with Gasteiger partial charge in [0, 0.05) is 12.3 Å². The first-order chi connectivity index (χ1) is 8.28. The fraction of sp³-hybridized carbons (Fsp3) is 0.154. The van der Waals surface area contributed by atoms with E-state index in [4.69, 9.17) is 9.47 Å². The number of rotatable bonds is 4. The molecule has 0 aliphatic carbocycles. The molecule has 0 N–H and O–H groups in total. The Bertz CT molecular complexity index is 485. The molecule has 0 spiro atoms. The molecular weight excluding hydrogens is 282 g/mol. The van der Waals surface area contributed by atoms with Crippen molar-refractivity contribution in [3.63, 3.8) is 0 Å². The smallest absolute Gasteiger partial charge is 0.124 e. The van der Waals surface area contributed by atoms with Gasteiger partial charge in [-0.15, -0.1) is 0 Å². The molecule has 1 aromatic carbocycles. The zero-order valence-electron chi connectivity index (χ0n) is 9.39. The van der Waals surface area contributed by atoms with Gasteiger partial charge in [0.15, 0.2) is 0 Å². The van der Waals surface area contributed by atoms with Crippen molar-refractivity contribution in [3.05, 3.63) is 52.8 Å². The molecule has 0 fully saturated rings. The largest absolute Gasteiger partial charge is 0.497 e. The molecule has 2 aromatic rings. The fourth-order valence-electron chi connectivity index (χ4n) is 1.36. The van der Waals surface area contributed by atoms with E-state index >= 15 is 0 Å². The number of benzene rings is 1. The van der Waals surface area contributed by atoms with Crippen LogP contribution in [0.3, 0.4) is 0 Å². The van der Waals surface area contributed by atoms with E-state index in [2.05, 4.69) is 20.9 Å². The van der Waals surface area contributed by atoms with Crippen LogP contribution in [0.4, 0.5) is 0 Å². The van der Waals surface area contributed by atoms with Crippen molar-refractivity contribution in [3.8, 4) is 11.5 Å². The number of pyridine rings is 1. The Morgan fingerprint density at radius 2 is 1.88 bits per heavy atom. The Kier molecular flexibility index (Phi) is 3.98. The quantitative estimate of drug-likeness (QED) is 0.810. The Balaban J connectivity index is 1.97. The molecular formula is C13H12BrNO2. The minimum absolute atomic E-state index is 0.528. The second-order valence-electron chi connectivity index (χ2n) is 3.45. The monoisotopic (exact) mass is 293 g/mol. The Morgan fingerprint density at radius 1 is 1.12 bits per heavy atom. The second kappa shape index (κ2) is 5.68. The van der Waals surface area contributed by atoms with Crippen LogP contribution < -0.4 is 9.47 Å². The molecule has 1 aromatic heterocycles. The Morgan fingerprint density at radius 3 is 2.53 bits per heavy atom. The van der Waals surface area contributed by atoms with E-state index in [1.165, 1.54) is 0 Å². The van der Waals surface area contributed by atoms with Crippen LogP contribution in [0.15, 0.2) is 47.2 Å². The van der Waals surface area contributed by atoms with Crippen molar-refractivity contribution in [2.45, 2.75) is 6.61 Å². The molecule has 0 atom stereocenters. The molecule has 0 aliphatic heterocycles. The van der Waals surface area contributed by atoms with Gasteiger partial charge in [-0.2, -0.15) is 0 Å². The van der Waals surface area contributed by atoms with Gasteiger partial charge in [-0.3, -0.25) is 0 Å². The molecule has 0 saturated heterocycles. The summed E-state index contributed by atoms with van der Waals surface area (Å²) in [7, 11) is 1.65. The molecule has 17 heavy (non-hydrogen) atoms. The van der Waals surface area contributed by atoms with Gasteiger partial charge in [-0.25, -0.2) is 4.98 Å². The highest BCUT2D eigenvalue weighted by molar-refractivity contribution is 9.10. The molecule has 1 heterocycles. The lowest BCUT2D eigenvalue weighted by molar-refractivity contribution is 0.305. The summed E-state index contributed by atoms with van der Waals surface area (Å²) in [5.41, 5.74) is 1.10. The Hall–Kier alpha value is -1.55. The van der Waals surface area contributed by atoms with E-state index in [0.29, 0.717) is 6.61 Å². The third-order valence-electron chi connectivity index (χ3n) is 2.26. The lowest BCUT2D eigenvalue weighted by atomic mass is 10.2. The molecule has 3 nitrogen and oxygen atoms in total. The summed E-state index contributed by atoms with van der Waals surface area (Å²) in [6.45, 7) is 0.528. The maximum atomic E-state index is 5.64. The number of aromatic nitrogens is 1. The van der Waals surface area contributed by atoms with Gasteiger partial charge in [-0.05, 0) is 39.7 Å². The predicted octanol–water partition coefficient (Wildman–Crippen LogP) is 3.43. The summed E-state index contributed by atoms with van der Waals surface area (Å²) in [4.78, 5) is 4.04. The summed E-state index contributed by atoms with van der Waals surface area (Å²) in [6, 6.07) is 11.5. The van der Waals surface area contributed by atoms with Gasteiger partial charge in [0.2, 0.25) is 0 Å². The maximum Gasteiger partial charge on any atom is 0.124 e. The zero-order valence-corrected chi connectivity index (χ0v) is 11.0. The lowest BCUT2D eigenvalue weighted by Gasteiger charge is -2.07. The topological polar surface area (TPSA) is 31.4 Å². The third kappa shape index (κ3) is 3.46. The van der Waals surface area contributed by atoms with Crippen LogP contribution in [-0.2, 0) is 6.61 Å². The SMILES string of the molecule is COc1ccc(COc2ccnc(Br)c2)cc1. The third-order valence-corrected chi connectivity index (χ3v) is 2.70. The molecule has 2 rings (SSSR count). The maximum absolute atomic E-state index is 5.64. The van der Waals surface area contributed by atoms with E-state index in [-0.39, 0.29) is 0 Å². The van der Waals surface area contributed by atoms with Crippen molar-refractivity contribution in [1.82, 2.24) is 4.98 Å². The minimum Gasteiger partial charge on any atom is -0.497 e. The van der Waals surface area contributed by atoms with Crippen molar-refractivity contribution in [2.24, 2.45) is 0 Å². The summed E-state index contributed by atoms with van der Waals surface area (Å²) < 4.78 is 11.5. The number of hydrogen-bond acceptors (Lipinski definition) is 3. The summed E-state index contributed by atoms with van der Waals surface area (Å²) in [5, 5.41) is 0. The molecule has 0 unspecified atom stereocenters. The molecule has 0 radical (unpaired) electrons. The molecule has 0 bridgehead atoms. The lowest BCUT2D eigenvalue weighted by Crippen LogP contribution is -1.95. The number of methoxy groups -OCH3 is 1. The molecule has 4 heteroatoms. The standard InChI is InChI=1S/C13H12BrNO2/c1-16-11-4-2-10(3-5-11)9-17-12-6-7-15-13(14)8-12/h2-8H,9H2,1H3. The highest BCUT2D eigenvalue weighted by atomic mass is 79.9. The zero-order chi connectivity index (χ0) is 12.1. The van der Waals surface area contributed by atoms with Crippen LogP contribution in [0.1, 0.15) is 5.56 Å². The van der Waals surface area contributed by atoms with E-state index in [9.17, 15) is 0 Å². The van der Waals surface area contributed by atoms with Crippen molar-refractivity contribution < 1.29 is 9.47 Å². The van der Waals surface area contributed by atoms with Gasteiger partial charge in [0.1, 0.15) is 22.7 Å². The normalized spacial score (nSPS) is 10.0. The highest BCUT2D eigenvalue weighted by Crippen LogP contribution is 2.17. The number of halogens is 1. The minimum atomic E-state index is 0.528. The van der Waals surface area contributed by atoms with Crippen LogP contribution >= 0.6 is 15.9 Å². The highest BCUT2D eigenvalue weighted by Gasteiger charge is 1.98. The van der Waals surface area contributed by atoms with Crippen molar-refractivity contribution in [2.75, 3.05) is 7.11 Å². The van der Waals surface area contributed by atoms with Gasteiger partial charge in [-0.1, -0.05) is 12.1 Å². The van der Waals surface area contributed by atoms with Gasteiger partial charge >= 0.3 is 0 Å². The van der Waals surface area contributed by atoms with Crippen molar-refractivity contribution >= 4 is 15.9 Å². The van der Waals surface area contributed by atoms with Crippen LogP contribution in [0.2, 0.25) is 0 Å². The summed E-state index contributed by atoms with van der Waals surface area (Å²) >= 11 is 3.30. The average molecular weight is 294 g/mol. The van der Waals surface area contributed by atoms with Gasteiger partial charge in [0.05, 0.1) is 7.11 Å². The fourth-order valence-corrected chi connectivity index (χ4v) is 1.71. The van der Waals surface area contributed by atoms with Gasteiger partial charge in [0.25, 0.3) is 0 Å². The molecule has 0 saturated carbocycles. The van der Waals surface area contributed by atoms with Crippen molar-refractivity contribution in [1.29, 1.82) is 0 Å². The first kappa shape index (κ1) is 11.9. The molecule has 0 aliphatic rings. The molecule has 0 amide bonds. The van der Waals surface area contributed by atoms with Crippen LogP contribution in [-0.4, -0.2) is 12.1 Å². The first-order valence-corrected chi connectivity index (χ1v) is 5.94. The predicted molar refractivity (Wildman–Crippen MR) is 69.3 cm³/mol. The van der Waals surface area contributed by atoms with Gasteiger partial charge < -0.3 is 9.47 Å². The van der Waals surface area contributed by atoms with E-state index in [1.807, 2.05) is 36.4 Å². The number of ether oxygens (including phenoxy) is 2. The number of hydrogen-bond donors (Lipinski definition) is 0. The van der Waals surface area contributed by atoms with E-state index in [0.717, 1.165) is 21.7 Å². The molecule has 88 valence electrons. The van der Waals surface area contributed by atoms with Crippen LogP contribution in [0.25, 0.3) is 0 Å². The first-order valence-electron chi connectivity index (χ1n) is 5.15. The van der Waals surface area contributed by atoms with Crippen LogP contribution in [0.5, 0.6) is 11.5 Å². The summed E-state index contributed by atoms with van der Waals surface area (Å²) in [6.07, 6.45) is 1.70. The second-order valence-corrected chi connectivity index (χ2v) is 4.26. The Labute approximate surface area is 109 Å². The van der Waals surface area contributed by atoms with E-state index < -0.39 is 0 Å². The average Bonchev–Trinajstić information content (AvgIpc) is 2.37. The van der Waals surface area contributed by atoms with Crippen LogP contribution in [0, 0.1) is 0 Å².